The van der Waals surface area contributed by atoms with Crippen molar-refractivity contribution >= 4 is 31.5 Å². The summed E-state index contributed by atoms with van der Waals surface area (Å²) >= 11 is 0. The highest BCUT2D eigenvalue weighted by molar-refractivity contribution is 7.91. The van der Waals surface area contributed by atoms with E-state index in [2.05, 4.69) is 11.2 Å². The second-order valence-corrected chi connectivity index (χ2v) is 10.5. The molecule has 0 radical (unpaired) electrons. The molecule has 1 saturated heterocycles. The third-order valence-corrected chi connectivity index (χ3v) is 7.25. The van der Waals surface area contributed by atoms with Crippen LogP contribution in [0.3, 0.4) is 0 Å². The van der Waals surface area contributed by atoms with E-state index in [0.29, 0.717) is 23.2 Å². The number of carbonyl (C=O) groups excluding carboxylic acids is 1. The van der Waals surface area contributed by atoms with Crippen molar-refractivity contribution in [2.24, 2.45) is 5.14 Å². The minimum atomic E-state index is -3.91. The van der Waals surface area contributed by atoms with Crippen LogP contribution in [0.4, 0.5) is 5.69 Å². The van der Waals surface area contributed by atoms with Crippen LogP contribution in [0.15, 0.2) is 17.0 Å². The third-order valence-electron chi connectivity index (χ3n) is 4.61. The molecule has 3 N–H and O–H groups in total. The molecule has 0 saturated carbocycles. The molecule has 0 aromatic heterocycles. The van der Waals surface area contributed by atoms with Gasteiger partial charge in [-0.2, -0.15) is 0 Å². The second kappa shape index (κ2) is 7.98. The van der Waals surface area contributed by atoms with E-state index in [1.165, 1.54) is 12.1 Å². The van der Waals surface area contributed by atoms with E-state index < -0.39 is 25.8 Å². The Balaban J connectivity index is 2.19. The van der Waals surface area contributed by atoms with Crippen molar-refractivity contribution in [3.05, 3.63) is 23.3 Å². The Labute approximate surface area is 160 Å². The van der Waals surface area contributed by atoms with E-state index in [1.54, 1.807) is 18.7 Å². The number of anilines is 1. The second-order valence-electron chi connectivity index (χ2n) is 6.67. The fraction of sp³-hybridized carbons (Fsp3) is 0.471. The number of rotatable bonds is 6. The molecule has 8 nitrogen and oxygen atoms in total. The van der Waals surface area contributed by atoms with E-state index in [4.69, 9.17) is 11.6 Å². The van der Waals surface area contributed by atoms with Gasteiger partial charge in [-0.3, -0.25) is 9.69 Å². The van der Waals surface area contributed by atoms with Gasteiger partial charge in [0.15, 0.2) is 9.84 Å². The third kappa shape index (κ3) is 5.52. The SMILES string of the molecule is C#CCN(CC(=O)Nc1cc(S(N)(=O)=O)cc(C)c1C)C1CCS(=O)(=O)C1. The van der Waals surface area contributed by atoms with Gasteiger partial charge >= 0.3 is 0 Å². The lowest BCUT2D eigenvalue weighted by molar-refractivity contribution is -0.117. The number of terminal acetylenes is 1. The maximum absolute atomic E-state index is 12.5. The lowest BCUT2D eigenvalue weighted by atomic mass is 10.1. The summed E-state index contributed by atoms with van der Waals surface area (Å²) in [5, 5.41) is 7.85. The van der Waals surface area contributed by atoms with Crippen LogP contribution in [0.25, 0.3) is 0 Å². The summed E-state index contributed by atoms with van der Waals surface area (Å²) in [6, 6.07) is 2.44. The lowest BCUT2D eigenvalue weighted by Crippen LogP contribution is -2.42. The molecule has 1 aromatic carbocycles. The summed E-state index contributed by atoms with van der Waals surface area (Å²) in [5.41, 5.74) is 1.71. The van der Waals surface area contributed by atoms with E-state index in [9.17, 15) is 21.6 Å². The number of carbonyl (C=O) groups is 1. The molecule has 1 aliphatic rings. The van der Waals surface area contributed by atoms with Gasteiger partial charge in [0.05, 0.1) is 29.5 Å². The zero-order chi connectivity index (χ0) is 20.4. The molecular weight excluding hydrogens is 390 g/mol. The Bertz CT molecular complexity index is 994. The Hall–Kier alpha value is -1.93. The topological polar surface area (TPSA) is 127 Å². The fourth-order valence-electron chi connectivity index (χ4n) is 2.99. The van der Waals surface area contributed by atoms with Crippen molar-refractivity contribution in [2.45, 2.75) is 31.2 Å². The van der Waals surface area contributed by atoms with Gasteiger partial charge in [0.1, 0.15) is 0 Å². The quantitative estimate of drug-likeness (QED) is 0.633. The number of nitrogens with two attached hydrogens (primary N) is 1. The molecule has 0 bridgehead atoms. The zero-order valence-corrected chi connectivity index (χ0v) is 16.9. The van der Waals surface area contributed by atoms with Crippen molar-refractivity contribution in [3.63, 3.8) is 0 Å². The maximum Gasteiger partial charge on any atom is 0.238 e. The van der Waals surface area contributed by atoms with Crippen molar-refractivity contribution in [1.29, 1.82) is 0 Å². The van der Waals surface area contributed by atoms with Gasteiger partial charge in [0.2, 0.25) is 15.9 Å². The van der Waals surface area contributed by atoms with Crippen molar-refractivity contribution < 1.29 is 21.6 Å². The number of benzene rings is 1. The molecule has 148 valence electrons. The molecule has 1 atom stereocenters. The lowest BCUT2D eigenvalue weighted by Gasteiger charge is -2.25. The maximum atomic E-state index is 12.5. The van der Waals surface area contributed by atoms with Crippen molar-refractivity contribution in [2.75, 3.05) is 29.9 Å². The minimum Gasteiger partial charge on any atom is -0.325 e. The van der Waals surface area contributed by atoms with Gasteiger partial charge in [-0.1, -0.05) is 5.92 Å². The molecule has 1 amide bonds. The number of sulfonamides is 1. The molecule has 1 heterocycles. The highest BCUT2D eigenvalue weighted by atomic mass is 32.2. The summed E-state index contributed by atoms with van der Waals surface area (Å²) < 4.78 is 46.6. The van der Waals surface area contributed by atoms with E-state index in [1.807, 2.05) is 0 Å². The van der Waals surface area contributed by atoms with Crippen LogP contribution in [0, 0.1) is 26.2 Å². The smallest absolute Gasteiger partial charge is 0.238 e. The Morgan fingerprint density at radius 3 is 2.59 bits per heavy atom. The average molecular weight is 414 g/mol. The summed E-state index contributed by atoms with van der Waals surface area (Å²) in [5.74, 6) is 2.08. The number of primary sulfonamides is 1. The Morgan fingerprint density at radius 1 is 1.41 bits per heavy atom. The van der Waals surface area contributed by atoms with E-state index >= 15 is 0 Å². The number of hydrogen-bond acceptors (Lipinski definition) is 6. The van der Waals surface area contributed by atoms with Crippen LogP contribution in [0.2, 0.25) is 0 Å². The number of amides is 1. The summed E-state index contributed by atoms with van der Waals surface area (Å²) in [6.45, 7) is 3.51. The Kier molecular flexibility index (Phi) is 6.32. The number of sulfone groups is 1. The van der Waals surface area contributed by atoms with Crippen LogP contribution in [0.5, 0.6) is 0 Å². The number of nitrogens with one attached hydrogen (secondary N) is 1. The minimum absolute atomic E-state index is 0.0268. The fourth-order valence-corrected chi connectivity index (χ4v) is 5.37. The van der Waals surface area contributed by atoms with E-state index in [0.717, 1.165) is 0 Å². The average Bonchev–Trinajstić information content (AvgIpc) is 2.90. The summed E-state index contributed by atoms with van der Waals surface area (Å²) in [4.78, 5) is 14.0. The Morgan fingerprint density at radius 2 is 2.07 bits per heavy atom. The van der Waals surface area contributed by atoms with Gasteiger partial charge in [0.25, 0.3) is 0 Å². The van der Waals surface area contributed by atoms with Crippen LogP contribution >= 0.6 is 0 Å². The molecule has 1 unspecified atom stereocenters. The summed E-state index contributed by atoms with van der Waals surface area (Å²) in [6.07, 6.45) is 5.78. The highest BCUT2D eigenvalue weighted by Gasteiger charge is 2.32. The number of nitrogens with zero attached hydrogens (tertiary/aromatic N) is 1. The first-order valence-electron chi connectivity index (χ1n) is 8.25. The van der Waals surface area contributed by atoms with Gasteiger partial charge in [-0.25, -0.2) is 22.0 Å². The van der Waals surface area contributed by atoms with Gasteiger partial charge in [-0.15, -0.1) is 6.42 Å². The molecule has 27 heavy (non-hydrogen) atoms. The van der Waals surface area contributed by atoms with Crippen LogP contribution in [0.1, 0.15) is 17.5 Å². The van der Waals surface area contributed by atoms with Crippen LogP contribution in [-0.2, 0) is 24.7 Å². The molecule has 1 aromatic rings. The molecular formula is C17H23N3O5S2. The molecule has 10 heteroatoms. The first kappa shape index (κ1) is 21.4. The predicted octanol–water partition coefficient (Wildman–Crippen LogP) is 0.0116. The standard InChI is InChI=1S/C17H23N3O5S2/c1-4-6-20(14-5-7-26(22,23)11-14)10-17(21)19-16-9-15(27(18,24)25)8-12(2)13(16)3/h1,8-9,14H,5-7,10-11H2,2-3H3,(H,19,21)(H2,18,24,25). The summed E-state index contributed by atoms with van der Waals surface area (Å²) in [7, 11) is -7.02. The molecule has 0 aliphatic carbocycles. The van der Waals surface area contributed by atoms with Gasteiger partial charge < -0.3 is 5.32 Å². The van der Waals surface area contributed by atoms with Gasteiger partial charge in [0, 0.05) is 11.7 Å². The van der Waals surface area contributed by atoms with Gasteiger partial charge in [-0.05, 0) is 43.5 Å². The number of aryl methyl sites for hydroxylation is 1. The van der Waals surface area contributed by atoms with Crippen molar-refractivity contribution in [3.8, 4) is 12.3 Å². The highest BCUT2D eigenvalue weighted by Crippen LogP contribution is 2.24. The first-order valence-corrected chi connectivity index (χ1v) is 11.6. The van der Waals surface area contributed by atoms with Crippen LogP contribution < -0.4 is 10.5 Å². The van der Waals surface area contributed by atoms with Crippen molar-refractivity contribution in [1.82, 2.24) is 4.90 Å². The molecule has 1 aliphatic heterocycles. The monoisotopic (exact) mass is 413 g/mol. The zero-order valence-electron chi connectivity index (χ0n) is 15.2. The number of hydrogen-bond donors (Lipinski definition) is 2. The first-order chi connectivity index (χ1) is 12.4. The van der Waals surface area contributed by atoms with E-state index in [-0.39, 0.29) is 35.5 Å². The molecule has 2 rings (SSSR count). The molecule has 1 fully saturated rings. The van der Waals surface area contributed by atoms with Crippen LogP contribution in [-0.4, -0.2) is 58.3 Å². The normalized spacial score (nSPS) is 19.0. The predicted molar refractivity (Wildman–Crippen MR) is 103 cm³/mol. The largest absolute Gasteiger partial charge is 0.325 e. The molecule has 0 spiro atoms.